The van der Waals surface area contributed by atoms with Crippen LogP contribution in [-0.4, -0.2) is 46.1 Å². The normalized spacial score (nSPS) is 15.2. The van der Waals surface area contributed by atoms with Gasteiger partial charge >= 0.3 is 0 Å². The van der Waals surface area contributed by atoms with Gasteiger partial charge in [-0.25, -0.2) is 0 Å². The van der Waals surface area contributed by atoms with E-state index in [2.05, 4.69) is 31.1 Å². The second-order valence-corrected chi connectivity index (χ2v) is 6.55. The lowest BCUT2D eigenvalue weighted by Crippen LogP contribution is -2.41. The Morgan fingerprint density at radius 3 is 2.81 bits per heavy atom. The summed E-state index contributed by atoms with van der Waals surface area (Å²) in [6, 6.07) is 6.14. The molecule has 0 aliphatic heterocycles. The highest BCUT2D eigenvalue weighted by Crippen LogP contribution is 2.17. The van der Waals surface area contributed by atoms with Crippen LogP contribution < -0.4 is 16.0 Å². The first-order chi connectivity index (χ1) is 12.8. The number of pyridine rings is 1. The predicted molar refractivity (Wildman–Crippen MR) is 116 cm³/mol. The number of nitrogens with one attached hydrogen (secondary N) is 3. The molecule has 3 N–H and O–H groups in total. The van der Waals surface area contributed by atoms with Crippen LogP contribution in [0.3, 0.4) is 0 Å². The highest BCUT2D eigenvalue weighted by Gasteiger charge is 2.15. The van der Waals surface area contributed by atoms with Crippen LogP contribution in [0, 0.1) is 0 Å². The van der Waals surface area contributed by atoms with E-state index in [1.165, 1.54) is 19.3 Å². The van der Waals surface area contributed by atoms with Crippen LogP contribution in [0.15, 0.2) is 29.4 Å². The Hall–Kier alpha value is -1.91. The minimum Gasteiger partial charge on any atom is -0.356 e. The summed E-state index contributed by atoms with van der Waals surface area (Å²) in [5.74, 6) is 1.55. The molecule has 0 aromatic carbocycles. The van der Waals surface area contributed by atoms with Crippen molar-refractivity contribution in [3.05, 3.63) is 30.2 Å². The molecule has 0 unspecified atom stereocenters. The van der Waals surface area contributed by atoms with Crippen LogP contribution in [0.2, 0.25) is 0 Å². The maximum atomic E-state index is 12.0. The van der Waals surface area contributed by atoms with Gasteiger partial charge in [0.2, 0.25) is 5.91 Å². The Labute approximate surface area is 176 Å². The fourth-order valence-corrected chi connectivity index (χ4v) is 3.24. The van der Waals surface area contributed by atoms with Crippen molar-refractivity contribution in [2.24, 2.45) is 4.99 Å². The zero-order valence-corrected chi connectivity index (χ0v) is 18.0. The number of guanidine groups is 1. The number of hydrogen-bond acceptors (Lipinski definition) is 4. The Morgan fingerprint density at radius 2 is 2.04 bits per heavy atom. The Bertz CT molecular complexity index is 755. The first kappa shape index (κ1) is 21.4. The molecule has 1 saturated carbocycles. The van der Waals surface area contributed by atoms with Crippen LogP contribution in [0.25, 0.3) is 5.65 Å². The average molecular weight is 485 g/mol. The van der Waals surface area contributed by atoms with Gasteiger partial charge in [0.05, 0.1) is 6.54 Å². The van der Waals surface area contributed by atoms with Crippen molar-refractivity contribution in [2.75, 3.05) is 13.6 Å². The number of aromatic nitrogens is 3. The predicted octanol–water partition coefficient (Wildman–Crippen LogP) is 1.85. The lowest BCUT2D eigenvalue weighted by atomic mass is 9.95. The first-order valence-corrected chi connectivity index (χ1v) is 9.29. The molecule has 0 saturated heterocycles. The fraction of sp³-hybridized carbons (Fsp3) is 0.556. The average Bonchev–Trinajstić information content (AvgIpc) is 3.08. The molecule has 2 aromatic heterocycles. The van der Waals surface area contributed by atoms with E-state index in [0.29, 0.717) is 31.5 Å². The van der Waals surface area contributed by atoms with Gasteiger partial charge in [-0.2, -0.15) is 0 Å². The molecule has 0 atom stereocenters. The largest absolute Gasteiger partial charge is 0.356 e. The van der Waals surface area contributed by atoms with Gasteiger partial charge in [0.15, 0.2) is 17.4 Å². The van der Waals surface area contributed by atoms with Gasteiger partial charge in [0, 0.05) is 32.3 Å². The van der Waals surface area contributed by atoms with Gasteiger partial charge < -0.3 is 16.0 Å². The zero-order valence-electron chi connectivity index (χ0n) is 15.6. The van der Waals surface area contributed by atoms with E-state index >= 15 is 0 Å². The third-order valence-corrected chi connectivity index (χ3v) is 4.64. The number of carbonyl (C=O) groups is 1. The van der Waals surface area contributed by atoms with Crippen molar-refractivity contribution >= 4 is 41.5 Å². The minimum atomic E-state index is 0. The van der Waals surface area contributed by atoms with Gasteiger partial charge in [-0.3, -0.25) is 14.2 Å². The van der Waals surface area contributed by atoms with E-state index in [4.69, 9.17) is 0 Å². The first-order valence-electron chi connectivity index (χ1n) is 9.29. The summed E-state index contributed by atoms with van der Waals surface area (Å²) in [5, 5.41) is 17.8. The zero-order chi connectivity index (χ0) is 18.2. The van der Waals surface area contributed by atoms with Crippen molar-refractivity contribution in [1.29, 1.82) is 0 Å². The lowest BCUT2D eigenvalue weighted by molar-refractivity contribution is -0.121. The summed E-state index contributed by atoms with van der Waals surface area (Å²) < 4.78 is 1.93. The summed E-state index contributed by atoms with van der Waals surface area (Å²) in [6.07, 6.45) is 8.30. The molecule has 1 aliphatic rings. The molecule has 0 spiro atoms. The van der Waals surface area contributed by atoms with Gasteiger partial charge in [-0.05, 0) is 25.0 Å². The van der Waals surface area contributed by atoms with Crippen LogP contribution in [0.4, 0.5) is 0 Å². The topological polar surface area (TPSA) is 95.7 Å². The second-order valence-electron chi connectivity index (χ2n) is 6.55. The van der Waals surface area contributed by atoms with Crippen LogP contribution in [0.5, 0.6) is 0 Å². The van der Waals surface area contributed by atoms with Gasteiger partial charge in [0.25, 0.3) is 0 Å². The molecule has 8 nitrogen and oxygen atoms in total. The summed E-state index contributed by atoms with van der Waals surface area (Å²) in [5.41, 5.74) is 0.812. The number of fused-ring (bicyclic) bond motifs is 1. The van der Waals surface area contributed by atoms with Crippen molar-refractivity contribution in [3.8, 4) is 0 Å². The number of hydrogen-bond donors (Lipinski definition) is 3. The SMILES string of the molecule is CN=C(NCCC(=O)NC1CCCCC1)NCc1nnc2ccccn12.I. The molecule has 0 bridgehead atoms. The maximum absolute atomic E-state index is 12.0. The van der Waals surface area contributed by atoms with E-state index in [0.717, 1.165) is 24.3 Å². The van der Waals surface area contributed by atoms with Crippen molar-refractivity contribution in [2.45, 2.75) is 51.1 Å². The van der Waals surface area contributed by atoms with Crippen LogP contribution in [0.1, 0.15) is 44.3 Å². The summed E-state index contributed by atoms with van der Waals surface area (Å²) in [6.45, 7) is 1.04. The van der Waals surface area contributed by atoms with E-state index in [9.17, 15) is 4.79 Å². The van der Waals surface area contributed by atoms with E-state index in [-0.39, 0.29) is 29.9 Å². The third-order valence-electron chi connectivity index (χ3n) is 4.64. The Kier molecular flexibility index (Phi) is 8.76. The van der Waals surface area contributed by atoms with E-state index < -0.39 is 0 Å². The molecule has 1 amide bonds. The molecule has 3 rings (SSSR count). The molecule has 148 valence electrons. The summed E-state index contributed by atoms with van der Waals surface area (Å²) in [4.78, 5) is 16.2. The van der Waals surface area contributed by atoms with Gasteiger partial charge in [0.1, 0.15) is 0 Å². The van der Waals surface area contributed by atoms with E-state index in [1.54, 1.807) is 7.05 Å². The van der Waals surface area contributed by atoms with Gasteiger partial charge in [-0.1, -0.05) is 25.3 Å². The van der Waals surface area contributed by atoms with Crippen molar-refractivity contribution in [3.63, 3.8) is 0 Å². The fourth-order valence-electron chi connectivity index (χ4n) is 3.24. The molecule has 1 aliphatic carbocycles. The van der Waals surface area contributed by atoms with E-state index in [1.807, 2.05) is 28.8 Å². The molecular weight excluding hydrogens is 457 g/mol. The van der Waals surface area contributed by atoms with Crippen molar-refractivity contribution < 1.29 is 4.79 Å². The maximum Gasteiger partial charge on any atom is 0.221 e. The minimum absolute atomic E-state index is 0. The summed E-state index contributed by atoms with van der Waals surface area (Å²) in [7, 11) is 1.71. The molecule has 27 heavy (non-hydrogen) atoms. The van der Waals surface area contributed by atoms with Crippen molar-refractivity contribution in [1.82, 2.24) is 30.5 Å². The molecule has 0 radical (unpaired) electrons. The highest BCUT2D eigenvalue weighted by molar-refractivity contribution is 14.0. The number of nitrogens with zero attached hydrogens (tertiary/aromatic N) is 4. The second kappa shape index (κ2) is 11.1. The Morgan fingerprint density at radius 1 is 1.22 bits per heavy atom. The Balaban J connectivity index is 0.00000261. The standard InChI is InChI=1S/C18H27N7O.HI/c1-19-18(20-11-10-17(26)22-14-7-3-2-4-8-14)21-13-16-24-23-15-9-5-6-12-25(15)16;/h5-6,9,12,14H,2-4,7-8,10-11,13H2,1H3,(H,22,26)(H2,19,20,21);1H. The molecule has 1 fully saturated rings. The quantitative estimate of drug-likeness (QED) is 0.330. The summed E-state index contributed by atoms with van der Waals surface area (Å²) >= 11 is 0. The monoisotopic (exact) mass is 485 g/mol. The number of amides is 1. The molecule has 2 heterocycles. The smallest absolute Gasteiger partial charge is 0.221 e. The number of aliphatic imine (C=N–C) groups is 1. The number of carbonyl (C=O) groups excluding carboxylic acids is 1. The van der Waals surface area contributed by atoms with Gasteiger partial charge in [-0.15, -0.1) is 34.2 Å². The number of rotatable bonds is 6. The molecule has 2 aromatic rings. The molecular formula is C18H28IN7O. The van der Waals surface area contributed by atoms with Crippen LogP contribution in [-0.2, 0) is 11.3 Å². The molecule has 9 heteroatoms. The lowest BCUT2D eigenvalue weighted by Gasteiger charge is -2.22. The highest BCUT2D eigenvalue weighted by atomic mass is 127. The third kappa shape index (κ3) is 6.33. The van der Waals surface area contributed by atoms with Crippen LogP contribution >= 0.6 is 24.0 Å². The number of halogens is 1.